The van der Waals surface area contributed by atoms with Gasteiger partial charge < -0.3 is 10.6 Å². The summed E-state index contributed by atoms with van der Waals surface area (Å²) < 4.78 is 1.84. The number of nitrogens with zero attached hydrogens (tertiary/aromatic N) is 4. The Bertz CT molecular complexity index is 708. The fourth-order valence-corrected chi connectivity index (χ4v) is 3.33. The predicted molar refractivity (Wildman–Crippen MR) is 111 cm³/mol. The van der Waals surface area contributed by atoms with Crippen LogP contribution in [-0.4, -0.2) is 49.8 Å². The van der Waals surface area contributed by atoms with E-state index in [1.165, 1.54) is 0 Å². The van der Waals surface area contributed by atoms with Crippen molar-refractivity contribution in [2.75, 3.05) is 29.5 Å². The van der Waals surface area contributed by atoms with Crippen molar-refractivity contribution in [1.29, 1.82) is 0 Å². The number of anilines is 1. The number of aromatic nitrogens is 4. The second kappa shape index (κ2) is 11.4. The average Bonchev–Trinajstić information content (AvgIpc) is 3.06. The number of hydrogen-bond donors (Lipinski definition) is 2. The highest BCUT2D eigenvalue weighted by molar-refractivity contribution is 9.09. The van der Waals surface area contributed by atoms with Gasteiger partial charge >= 0.3 is 0 Å². The summed E-state index contributed by atoms with van der Waals surface area (Å²) in [5.74, 6) is 1.89. The smallest absolute Gasteiger partial charge is 0.220 e. The lowest BCUT2D eigenvalue weighted by molar-refractivity contribution is -0.121. The number of nitrogens with one attached hydrogen (secondary N) is 2. The number of halogens is 1. The van der Waals surface area contributed by atoms with Crippen molar-refractivity contribution in [2.45, 2.75) is 51.2 Å². The third-order valence-corrected chi connectivity index (χ3v) is 5.25. The van der Waals surface area contributed by atoms with E-state index in [0.717, 1.165) is 58.9 Å². The molecule has 2 N–H and O–H groups in total. The normalized spacial score (nSPS) is 11.0. The van der Waals surface area contributed by atoms with Gasteiger partial charge in [0.05, 0.1) is 18.1 Å². The molecule has 0 atom stereocenters. The summed E-state index contributed by atoms with van der Waals surface area (Å²) in [6, 6.07) is 0. The Morgan fingerprint density at radius 3 is 2.85 bits per heavy atom. The monoisotopic (exact) mass is 442 g/mol. The Hall–Kier alpha value is -1.35. The fraction of sp³-hybridized carbons (Fsp3) is 0.647. The summed E-state index contributed by atoms with van der Waals surface area (Å²) >= 11 is 4.99. The van der Waals surface area contributed by atoms with Gasteiger partial charge in [-0.2, -0.15) is 5.10 Å². The van der Waals surface area contributed by atoms with Crippen molar-refractivity contribution < 1.29 is 4.79 Å². The minimum Gasteiger partial charge on any atom is -0.369 e. The second-order valence-electron chi connectivity index (χ2n) is 5.88. The van der Waals surface area contributed by atoms with Crippen molar-refractivity contribution in [3.8, 4) is 0 Å². The first kappa shape index (κ1) is 21.0. The van der Waals surface area contributed by atoms with Crippen molar-refractivity contribution in [3.05, 3.63) is 6.20 Å². The van der Waals surface area contributed by atoms with Crippen LogP contribution in [0.5, 0.6) is 0 Å². The Morgan fingerprint density at radius 2 is 2.12 bits per heavy atom. The molecule has 0 aliphatic heterocycles. The Kier molecular flexibility index (Phi) is 9.17. The quantitative estimate of drug-likeness (QED) is 0.297. The molecule has 0 aliphatic rings. The lowest BCUT2D eigenvalue weighted by Crippen LogP contribution is -2.27. The highest BCUT2D eigenvalue weighted by Gasteiger charge is 2.13. The van der Waals surface area contributed by atoms with Gasteiger partial charge in [-0.05, 0) is 19.3 Å². The lowest BCUT2D eigenvalue weighted by Gasteiger charge is -2.09. The minimum atomic E-state index is 0.0695. The highest BCUT2D eigenvalue weighted by Crippen LogP contribution is 2.24. The molecule has 0 unspecified atom stereocenters. The van der Waals surface area contributed by atoms with Crippen LogP contribution in [0.1, 0.15) is 39.5 Å². The van der Waals surface area contributed by atoms with Crippen LogP contribution in [0.15, 0.2) is 11.4 Å². The summed E-state index contributed by atoms with van der Waals surface area (Å²) in [4.78, 5) is 21.1. The van der Waals surface area contributed by atoms with E-state index in [1.807, 2.05) is 4.68 Å². The molecular formula is C17H27BrN6OS. The second-order valence-corrected chi connectivity index (χ2v) is 7.73. The zero-order valence-electron chi connectivity index (χ0n) is 15.4. The third-order valence-electron chi connectivity index (χ3n) is 3.64. The van der Waals surface area contributed by atoms with Crippen LogP contribution in [0.2, 0.25) is 0 Å². The van der Waals surface area contributed by atoms with Gasteiger partial charge in [0.25, 0.3) is 0 Å². The topological polar surface area (TPSA) is 84.7 Å². The van der Waals surface area contributed by atoms with Crippen LogP contribution in [0.4, 0.5) is 5.82 Å². The van der Waals surface area contributed by atoms with Gasteiger partial charge in [0, 0.05) is 30.6 Å². The number of hydrogen-bond acceptors (Lipinski definition) is 6. The number of carbonyl (C=O) groups excluding carboxylic acids is 1. The summed E-state index contributed by atoms with van der Waals surface area (Å²) in [7, 11) is 0. The number of alkyl halides is 1. The molecule has 0 aliphatic carbocycles. The maximum atomic E-state index is 11.7. The molecule has 0 aromatic carbocycles. The molecule has 2 rings (SSSR count). The van der Waals surface area contributed by atoms with Crippen LogP contribution in [0.3, 0.4) is 0 Å². The molecule has 0 bridgehead atoms. The third kappa shape index (κ3) is 6.12. The van der Waals surface area contributed by atoms with Gasteiger partial charge in [-0.3, -0.25) is 4.79 Å². The van der Waals surface area contributed by atoms with Gasteiger partial charge in [-0.1, -0.05) is 41.5 Å². The van der Waals surface area contributed by atoms with Gasteiger partial charge in [-0.25, -0.2) is 14.6 Å². The van der Waals surface area contributed by atoms with E-state index in [9.17, 15) is 4.79 Å². The molecule has 9 heteroatoms. The molecule has 2 aromatic rings. The SMILES string of the molecule is CCCNc1nc(SCCC)nc2c1cnn2CCNC(=O)CCCBr. The van der Waals surface area contributed by atoms with Crippen molar-refractivity contribution in [3.63, 3.8) is 0 Å². The standard InChI is InChI=1S/C17H27BrN6OS/c1-3-8-20-15-13-12-21-24(10-9-19-14(25)6-5-7-18)16(13)23-17(22-15)26-11-4-2/h12H,3-11H2,1-2H3,(H,19,25)(H,20,22,23). The van der Waals surface area contributed by atoms with Gasteiger partial charge in [-0.15, -0.1) is 0 Å². The number of rotatable bonds is 12. The molecule has 0 spiro atoms. The first-order valence-corrected chi connectivity index (χ1v) is 11.2. The van der Waals surface area contributed by atoms with E-state index in [0.29, 0.717) is 19.5 Å². The molecule has 26 heavy (non-hydrogen) atoms. The van der Waals surface area contributed by atoms with E-state index in [1.54, 1.807) is 18.0 Å². The lowest BCUT2D eigenvalue weighted by atomic mass is 10.3. The number of carbonyl (C=O) groups is 1. The van der Waals surface area contributed by atoms with Gasteiger partial charge in [0.15, 0.2) is 10.8 Å². The van der Waals surface area contributed by atoms with E-state index in [-0.39, 0.29) is 5.91 Å². The minimum absolute atomic E-state index is 0.0695. The van der Waals surface area contributed by atoms with Crippen LogP contribution >= 0.6 is 27.7 Å². The van der Waals surface area contributed by atoms with Crippen LogP contribution < -0.4 is 10.6 Å². The molecule has 144 valence electrons. The maximum Gasteiger partial charge on any atom is 0.220 e. The summed E-state index contributed by atoms with van der Waals surface area (Å²) in [6.07, 6.45) is 5.28. The molecule has 0 radical (unpaired) electrons. The van der Waals surface area contributed by atoms with E-state index >= 15 is 0 Å². The Balaban J connectivity index is 2.12. The highest BCUT2D eigenvalue weighted by atomic mass is 79.9. The number of fused-ring (bicyclic) bond motifs is 1. The molecule has 0 saturated carbocycles. The number of amides is 1. The number of thioether (sulfide) groups is 1. The van der Waals surface area contributed by atoms with E-state index in [2.05, 4.69) is 55.5 Å². The fourth-order valence-electron chi connectivity index (χ4n) is 2.35. The van der Waals surface area contributed by atoms with Crippen LogP contribution in [0.25, 0.3) is 11.0 Å². The van der Waals surface area contributed by atoms with Gasteiger partial charge in [0.1, 0.15) is 5.82 Å². The predicted octanol–water partition coefficient (Wildman–Crippen LogP) is 3.44. The Morgan fingerprint density at radius 1 is 1.27 bits per heavy atom. The van der Waals surface area contributed by atoms with Crippen LogP contribution in [0, 0.1) is 0 Å². The van der Waals surface area contributed by atoms with E-state index < -0.39 is 0 Å². The average molecular weight is 443 g/mol. The molecule has 0 fully saturated rings. The summed E-state index contributed by atoms with van der Waals surface area (Å²) in [6.45, 7) is 6.26. The van der Waals surface area contributed by atoms with Crippen molar-refractivity contribution in [1.82, 2.24) is 25.1 Å². The van der Waals surface area contributed by atoms with Crippen molar-refractivity contribution in [2.24, 2.45) is 0 Å². The molecule has 2 heterocycles. The maximum absolute atomic E-state index is 11.7. The molecular weight excluding hydrogens is 416 g/mol. The molecule has 1 amide bonds. The Labute approximate surface area is 167 Å². The molecule has 7 nitrogen and oxygen atoms in total. The van der Waals surface area contributed by atoms with Crippen molar-refractivity contribution >= 4 is 50.5 Å². The van der Waals surface area contributed by atoms with Crippen LogP contribution in [-0.2, 0) is 11.3 Å². The molecule has 2 aromatic heterocycles. The largest absolute Gasteiger partial charge is 0.369 e. The molecule has 0 saturated heterocycles. The van der Waals surface area contributed by atoms with E-state index in [4.69, 9.17) is 0 Å². The van der Waals surface area contributed by atoms with Gasteiger partial charge in [0.2, 0.25) is 5.91 Å². The first-order chi connectivity index (χ1) is 12.7. The zero-order valence-corrected chi connectivity index (χ0v) is 17.8. The summed E-state index contributed by atoms with van der Waals surface area (Å²) in [5.41, 5.74) is 0.812. The zero-order chi connectivity index (χ0) is 18.8. The first-order valence-electron chi connectivity index (χ1n) is 9.12. The summed E-state index contributed by atoms with van der Waals surface area (Å²) in [5, 5.41) is 13.3.